The summed E-state index contributed by atoms with van der Waals surface area (Å²) >= 11 is 0. The number of carboxylic acids is 1. The van der Waals surface area contributed by atoms with E-state index in [4.69, 9.17) is 9.84 Å². The molecule has 1 aliphatic heterocycles. The zero-order chi connectivity index (χ0) is 21.2. The van der Waals surface area contributed by atoms with Crippen molar-refractivity contribution >= 4 is 24.1 Å². The lowest BCUT2D eigenvalue weighted by molar-refractivity contribution is -0.143. The number of aliphatic carboxylic acids is 1. The average molecular weight is 405 g/mol. The predicted molar refractivity (Wildman–Crippen MR) is 99.8 cm³/mol. The summed E-state index contributed by atoms with van der Waals surface area (Å²) in [5.74, 6) is -1.42. The van der Waals surface area contributed by atoms with Gasteiger partial charge in [-0.15, -0.1) is 0 Å². The minimum absolute atomic E-state index is 0.206. The SMILES string of the molecule is CCC(=O)NC1(C(=O)O)C[C@H]1c1ccc(OC(=O)N2CCN(C(=O)O)CC2)cc1. The van der Waals surface area contributed by atoms with E-state index < -0.39 is 23.7 Å². The topological polar surface area (TPSA) is 136 Å². The molecule has 0 radical (unpaired) electrons. The Hall–Kier alpha value is -3.30. The van der Waals surface area contributed by atoms with E-state index in [9.17, 15) is 24.3 Å². The number of nitrogens with one attached hydrogen (secondary N) is 1. The van der Waals surface area contributed by atoms with Crippen LogP contribution in [0.3, 0.4) is 0 Å². The van der Waals surface area contributed by atoms with Crippen molar-refractivity contribution in [2.75, 3.05) is 26.2 Å². The van der Waals surface area contributed by atoms with E-state index in [0.29, 0.717) is 12.2 Å². The Morgan fingerprint density at radius 2 is 1.66 bits per heavy atom. The van der Waals surface area contributed by atoms with Crippen molar-refractivity contribution in [1.29, 1.82) is 0 Å². The van der Waals surface area contributed by atoms with Gasteiger partial charge >= 0.3 is 18.2 Å². The normalized spacial score (nSPS) is 23.3. The minimum Gasteiger partial charge on any atom is -0.479 e. The van der Waals surface area contributed by atoms with Crippen LogP contribution in [0, 0.1) is 0 Å². The van der Waals surface area contributed by atoms with Crippen molar-refractivity contribution < 1.29 is 34.1 Å². The van der Waals surface area contributed by atoms with E-state index in [-0.39, 0.29) is 44.4 Å². The molecule has 3 N–H and O–H groups in total. The van der Waals surface area contributed by atoms with Crippen LogP contribution in [0.4, 0.5) is 9.59 Å². The highest BCUT2D eigenvalue weighted by Crippen LogP contribution is 2.52. The number of rotatable bonds is 5. The van der Waals surface area contributed by atoms with Gasteiger partial charge in [-0.05, 0) is 24.1 Å². The Morgan fingerprint density at radius 3 is 2.17 bits per heavy atom. The molecule has 1 aliphatic carbocycles. The molecule has 1 aromatic rings. The summed E-state index contributed by atoms with van der Waals surface area (Å²) < 4.78 is 5.32. The van der Waals surface area contributed by atoms with Gasteiger partial charge in [0.15, 0.2) is 0 Å². The molecular weight excluding hydrogens is 382 g/mol. The summed E-state index contributed by atoms with van der Waals surface area (Å²) in [6.45, 7) is 2.62. The van der Waals surface area contributed by atoms with Crippen molar-refractivity contribution in [3.63, 3.8) is 0 Å². The number of carbonyl (C=O) groups is 4. The van der Waals surface area contributed by atoms with Crippen LogP contribution < -0.4 is 10.1 Å². The van der Waals surface area contributed by atoms with E-state index in [1.54, 1.807) is 31.2 Å². The summed E-state index contributed by atoms with van der Waals surface area (Å²) in [5, 5.41) is 21.0. The third kappa shape index (κ3) is 4.25. The molecule has 10 heteroatoms. The molecule has 3 amide bonds. The first-order chi connectivity index (χ1) is 13.8. The second-order valence-electron chi connectivity index (χ2n) is 7.13. The van der Waals surface area contributed by atoms with E-state index in [0.717, 1.165) is 5.56 Å². The number of hydrogen-bond acceptors (Lipinski definition) is 5. The minimum atomic E-state index is -1.28. The maximum Gasteiger partial charge on any atom is 0.415 e. The number of hydrogen-bond donors (Lipinski definition) is 3. The molecule has 29 heavy (non-hydrogen) atoms. The van der Waals surface area contributed by atoms with Crippen molar-refractivity contribution in [3.05, 3.63) is 29.8 Å². The van der Waals surface area contributed by atoms with Gasteiger partial charge in [0.2, 0.25) is 5.91 Å². The molecule has 2 aliphatic rings. The first-order valence-electron chi connectivity index (χ1n) is 9.36. The number of benzene rings is 1. The first-order valence-corrected chi connectivity index (χ1v) is 9.36. The molecule has 3 rings (SSSR count). The second-order valence-corrected chi connectivity index (χ2v) is 7.13. The number of ether oxygens (including phenoxy) is 1. The van der Waals surface area contributed by atoms with Crippen molar-refractivity contribution in [2.45, 2.75) is 31.2 Å². The lowest BCUT2D eigenvalue weighted by Gasteiger charge is -2.32. The fraction of sp³-hybridized carbons (Fsp3) is 0.474. The van der Waals surface area contributed by atoms with Gasteiger partial charge in [0.1, 0.15) is 11.3 Å². The highest BCUT2D eigenvalue weighted by Gasteiger charge is 2.62. The first kappa shape index (κ1) is 20.4. The molecule has 0 bridgehead atoms. The average Bonchev–Trinajstić information content (AvgIpc) is 3.44. The molecule has 0 spiro atoms. The van der Waals surface area contributed by atoms with Gasteiger partial charge in [0.25, 0.3) is 0 Å². The van der Waals surface area contributed by atoms with Gasteiger partial charge < -0.3 is 30.1 Å². The molecule has 1 heterocycles. The van der Waals surface area contributed by atoms with Crippen molar-refractivity contribution in [3.8, 4) is 5.75 Å². The van der Waals surface area contributed by atoms with E-state index in [1.165, 1.54) is 9.80 Å². The van der Waals surface area contributed by atoms with Crippen LogP contribution in [0.2, 0.25) is 0 Å². The zero-order valence-electron chi connectivity index (χ0n) is 16.0. The second kappa shape index (κ2) is 7.98. The van der Waals surface area contributed by atoms with Crippen LogP contribution in [0.25, 0.3) is 0 Å². The monoisotopic (exact) mass is 405 g/mol. The van der Waals surface area contributed by atoms with Gasteiger partial charge in [-0.3, -0.25) is 4.79 Å². The molecular formula is C19H23N3O7. The summed E-state index contributed by atoms with van der Waals surface area (Å²) in [5.41, 5.74) is -0.548. The molecule has 0 aromatic heterocycles. The fourth-order valence-corrected chi connectivity index (χ4v) is 3.44. The van der Waals surface area contributed by atoms with Gasteiger partial charge in [0.05, 0.1) is 0 Å². The third-order valence-electron chi connectivity index (χ3n) is 5.32. The van der Waals surface area contributed by atoms with Gasteiger partial charge in [-0.25, -0.2) is 14.4 Å². The quantitative estimate of drug-likeness (QED) is 0.672. The van der Waals surface area contributed by atoms with Gasteiger partial charge in [-0.2, -0.15) is 0 Å². The largest absolute Gasteiger partial charge is 0.479 e. The Labute approximate surface area is 167 Å². The highest BCUT2D eigenvalue weighted by molar-refractivity contribution is 5.91. The van der Waals surface area contributed by atoms with Crippen LogP contribution in [-0.2, 0) is 9.59 Å². The van der Waals surface area contributed by atoms with Crippen LogP contribution in [0.5, 0.6) is 5.75 Å². The van der Waals surface area contributed by atoms with Gasteiger partial charge in [-0.1, -0.05) is 19.1 Å². The molecule has 10 nitrogen and oxygen atoms in total. The van der Waals surface area contributed by atoms with E-state index in [1.807, 2.05) is 0 Å². The van der Waals surface area contributed by atoms with Crippen molar-refractivity contribution in [2.24, 2.45) is 0 Å². The van der Waals surface area contributed by atoms with Crippen LogP contribution >= 0.6 is 0 Å². The van der Waals surface area contributed by atoms with Crippen molar-refractivity contribution in [1.82, 2.24) is 15.1 Å². The van der Waals surface area contributed by atoms with Crippen LogP contribution in [0.1, 0.15) is 31.2 Å². The maximum atomic E-state index is 12.2. The lowest BCUT2D eigenvalue weighted by Crippen LogP contribution is -2.51. The Kier molecular flexibility index (Phi) is 5.62. The van der Waals surface area contributed by atoms with Crippen LogP contribution in [0.15, 0.2) is 24.3 Å². The molecule has 2 atom stereocenters. The summed E-state index contributed by atoms with van der Waals surface area (Å²) in [6.07, 6.45) is -1.07. The Balaban J connectivity index is 1.58. The zero-order valence-corrected chi connectivity index (χ0v) is 16.0. The molecule has 156 valence electrons. The third-order valence-corrected chi connectivity index (χ3v) is 5.32. The fourth-order valence-electron chi connectivity index (χ4n) is 3.44. The van der Waals surface area contributed by atoms with Crippen LogP contribution in [-0.4, -0.2) is 75.8 Å². The predicted octanol–water partition coefficient (Wildman–Crippen LogP) is 1.32. The van der Waals surface area contributed by atoms with E-state index in [2.05, 4.69) is 5.32 Å². The number of carbonyl (C=O) groups excluding carboxylic acids is 2. The number of amides is 3. The number of piperazine rings is 1. The summed E-state index contributed by atoms with van der Waals surface area (Å²) in [7, 11) is 0. The maximum absolute atomic E-state index is 12.2. The standard InChI is InChI=1S/C19H23N3O7/c1-2-15(23)20-19(16(24)25)11-14(19)12-3-5-13(6-4-12)29-18(28)22-9-7-21(8-10-22)17(26)27/h3-6,14H,2,7-11H2,1H3,(H,20,23)(H,24,25)(H,26,27)/t14-,19?/m0/s1. The summed E-state index contributed by atoms with van der Waals surface area (Å²) in [4.78, 5) is 49.1. The number of nitrogens with zero attached hydrogens (tertiary/aromatic N) is 2. The summed E-state index contributed by atoms with van der Waals surface area (Å²) in [6, 6.07) is 6.51. The smallest absolute Gasteiger partial charge is 0.415 e. The van der Waals surface area contributed by atoms with Gasteiger partial charge in [0, 0.05) is 38.5 Å². The molecule has 2 fully saturated rings. The number of carboxylic acid groups (broad SMARTS) is 2. The molecule has 1 unspecified atom stereocenters. The molecule has 1 saturated heterocycles. The van der Waals surface area contributed by atoms with E-state index >= 15 is 0 Å². The Morgan fingerprint density at radius 1 is 1.07 bits per heavy atom. The molecule has 1 saturated carbocycles. The highest BCUT2D eigenvalue weighted by atomic mass is 16.6. The lowest BCUT2D eigenvalue weighted by atomic mass is 10.1. The molecule has 1 aromatic carbocycles. The Bertz CT molecular complexity index is 818.